The lowest BCUT2D eigenvalue weighted by atomic mass is 10.2. The van der Waals surface area contributed by atoms with Crippen molar-refractivity contribution in [2.45, 2.75) is 11.5 Å². The zero-order valence-electron chi connectivity index (χ0n) is 12.3. The van der Waals surface area contributed by atoms with Crippen LogP contribution in [-0.4, -0.2) is 20.7 Å². The second kappa shape index (κ2) is 8.94. The maximum Gasteiger partial charge on any atom is 0.215 e. The minimum atomic E-state index is -3.33. The summed E-state index contributed by atoms with van der Waals surface area (Å²) in [6.45, 7) is 0.394. The number of benzene rings is 2. The molecular weight excluding hydrogens is 373 g/mol. The number of halogens is 2. The molecule has 23 heavy (non-hydrogen) atoms. The van der Waals surface area contributed by atoms with Crippen LogP contribution in [0.15, 0.2) is 48.5 Å². The highest BCUT2D eigenvalue weighted by Crippen LogP contribution is 2.20. The second-order valence-corrected chi connectivity index (χ2v) is 8.68. The fourth-order valence-corrected chi connectivity index (χ4v) is 4.46. The lowest BCUT2D eigenvalue weighted by Gasteiger charge is -2.07. The van der Waals surface area contributed by atoms with Crippen LogP contribution in [0, 0.1) is 0 Å². The molecule has 0 spiro atoms. The van der Waals surface area contributed by atoms with E-state index in [9.17, 15) is 8.42 Å². The van der Waals surface area contributed by atoms with Gasteiger partial charge in [0.2, 0.25) is 10.0 Å². The Hall–Kier alpha value is -0.720. The van der Waals surface area contributed by atoms with Crippen molar-refractivity contribution in [1.82, 2.24) is 4.72 Å². The van der Waals surface area contributed by atoms with E-state index in [1.165, 1.54) is 0 Å². The summed E-state index contributed by atoms with van der Waals surface area (Å²) in [6.07, 6.45) is 0. The average Bonchev–Trinajstić information content (AvgIpc) is 2.51. The van der Waals surface area contributed by atoms with Crippen molar-refractivity contribution in [3.8, 4) is 0 Å². The van der Waals surface area contributed by atoms with Crippen LogP contribution in [0.25, 0.3) is 0 Å². The Morgan fingerprint density at radius 1 is 1.00 bits per heavy atom. The first-order chi connectivity index (χ1) is 11.0. The predicted octanol–water partition coefficient (Wildman–Crippen LogP) is 4.35. The van der Waals surface area contributed by atoms with E-state index in [2.05, 4.69) is 4.72 Å². The minimum Gasteiger partial charge on any atom is -0.214 e. The molecule has 2 rings (SSSR count). The summed E-state index contributed by atoms with van der Waals surface area (Å²) in [5.74, 6) is 1.41. The zero-order chi connectivity index (χ0) is 16.7. The number of sulfonamides is 1. The Labute approximate surface area is 151 Å². The van der Waals surface area contributed by atoms with Crippen LogP contribution in [0.4, 0.5) is 0 Å². The highest BCUT2D eigenvalue weighted by molar-refractivity contribution is 7.98. The fourth-order valence-electron chi connectivity index (χ4n) is 1.92. The molecule has 0 saturated carbocycles. The normalized spacial score (nSPS) is 11.6. The van der Waals surface area contributed by atoms with Crippen molar-refractivity contribution in [2.24, 2.45) is 0 Å². The van der Waals surface area contributed by atoms with Gasteiger partial charge in [0.15, 0.2) is 0 Å². The molecule has 7 heteroatoms. The molecule has 0 radical (unpaired) electrons. The lowest BCUT2D eigenvalue weighted by Crippen LogP contribution is -2.27. The molecule has 2 aromatic carbocycles. The molecular formula is C16H17Cl2NO2S2. The van der Waals surface area contributed by atoms with Gasteiger partial charge < -0.3 is 0 Å². The minimum absolute atomic E-state index is 0.0423. The van der Waals surface area contributed by atoms with E-state index in [0.717, 1.165) is 16.3 Å². The Kier molecular flexibility index (Phi) is 7.24. The smallest absolute Gasteiger partial charge is 0.214 e. The van der Waals surface area contributed by atoms with Gasteiger partial charge in [0.25, 0.3) is 0 Å². The Morgan fingerprint density at radius 3 is 2.39 bits per heavy atom. The van der Waals surface area contributed by atoms with Gasteiger partial charge in [0, 0.05) is 28.1 Å². The summed E-state index contributed by atoms with van der Waals surface area (Å²) >= 11 is 13.5. The molecule has 0 aliphatic carbocycles. The largest absolute Gasteiger partial charge is 0.215 e. The molecule has 0 atom stereocenters. The first kappa shape index (κ1) is 18.6. The van der Waals surface area contributed by atoms with E-state index in [4.69, 9.17) is 23.2 Å². The maximum absolute atomic E-state index is 12.0. The number of hydrogen-bond acceptors (Lipinski definition) is 3. The van der Waals surface area contributed by atoms with E-state index in [1.807, 2.05) is 24.3 Å². The van der Waals surface area contributed by atoms with Gasteiger partial charge in [0.05, 0.1) is 5.75 Å². The number of thioether (sulfide) groups is 1. The Bertz CT molecular complexity index is 734. The molecule has 0 fully saturated rings. The highest BCUT2D eigenvalue weighted by atomic mass is 35.5. The van der Waals surface area contributed by atoms with Gasteiger partial charge >= 0.3 is 0 Å². The lowest BCUT2D eigenvalue weighted by molar-refractivity contribution is 0.583. The van der Waals surface area contributed by atoms with Crippen LogP contribution < -0.4 is 4.72 Å². The van der Waals surface area contributed by atoms with Gasteiger partial charge in [-0.25, -0.2) is 13.1 Å². The van der Waals surface area contributed by atoms with Gasteiger partial charge in [-0.3, -0.25) is 0 Å². The molecule has 0 amide bonds. The quantitative estimate of drug-likeness (QED) is 0.682. The predicted molar refractivity (Wildman–Crippen MR) is 99.7 cm³/mol. The van der Waals surface area contributed by atoms with Crippen molar-refractivity contribution in [3.63, 3.8) is 0 Å². The van der Waals surface area contributed by atoms with Crippen LogP contribution in [0.3, 0.4) is 0 Å². The highest BCUT2D eigenvalue weighted by Gasteiger charge is 2.10. The Morgan fingerprint density at radius 2 is 1.70 bits per heavy atom. The van der Waals surface area contributed by atoms with Gasteiger partial charge in [-0.15, -0.1) is 0 Å². The van der Waals surface area contributed by atoms with E-state index in [-0.39, 0.29) is 5.75 Å². The Balaban J connectivity index is 1.72. The molecule has 0 unspecified atom stereocenters. The standard InChI is InChI=1S/C16H17Cl2NO2S2/c17-15-7-5-13(6-8-15)12-23(20,21)19-9-10-22-11-14-3-1-2-4-16(14)18/h1-8,19H,9-12H2. The molecule has 0 heterocycles. The van der Waals surface area contributed by atoms with Crippen molar-refractivity contribution in [2.75, 3.05) is 12.3 Å². The van der Waals surface area contributed by atoms with Crippen LogP contribution in [0.2, 0.25) is 10.0 Å². The van der Waals surface area contributed by atoms with Crippen molar-refractivity contribution in [3.05, 3.63) is 69.7 Å². The molecule has 2 aromatic rings. The van der Waals surface area contributed by atoms with Crippen LogP contribution >= 0.6 is 35.0 Å². The van der Waals surface area contributed by atoms with E-state index in [0.29, 0.717) is 22.9 Å². The summed E-state index contributed by atoms with van der Waals surface area (Å²) in [5.41, 5.74) is 1.77. The molecule has 0 saturated heterocycles. The fraction of sp³-hybridized carbons (Fsp3) is 0.250. The van der Waals surface area contributed by atoms with Crippen LogP contribution in [0.1, 0.15) is 11.1 Å². The summed E-state index contributed by atoms with van der Waals surface area (Å²) in [7, 11) is -3.33. The van der Waals surface area contributed by atoms with Gasteiger partial charge in [-0.1, -0.05) is 53.5 Å². The summed E-state index contributed by atoms with van der Waals surface area (Å²) in [5, 5.41) is 1.33. The van der Waals surface area contributed by atoms with E-state index in [1.54, 1.807) is 36.0 Å². The van der Waals surface area contributed by atoms with Crippen LogP contribution in [0.5, 0.6) is 0 Å². The van der Waals surface area contributed by atoms with Crippen molar-refractivity contribution in [1.29, 1.82) is 0 Å². The number of rotatable bonds is 8. The average molecular weight is 390 g/mol. The molecule has 0 aromatic heterocycles. The maximum atomic E-state index is 12.0. The third-order valence-electron chi connectivity index (χ3n) is 3.05. The SMILES string of the molecule is O=S(=O)(Cc1ccc(Cl)cc1)NCCSCc1ccccc1Cl. The molecule has 1 N–H and O–H groups in total. The number of hydrogen-bond donors (Lipinski definition) is 1. The first-order valence-corrected chi connectivity index (χ1v) is 10.6. The summed E-state index contributed by atoms with van der Waals surface area (Å²) in [4.78, 5) is 0. The van der Waals surface area contributed by atoms with Crippen molar-refractivity contribution >= 4 is 45.0 Å². The zero-order valence-corrected chi connectivity index (χ0v) is 15.5. The molecule has 3 nitrogen and oxygen atoms in total. The third kappa shape index (κ3) is 6.73. The van der Waals surface area contributed by atoms with Crippen LogP contribution in [-0.2, 0) is 21.5 Å². The van der Waals surface area contributed by atoms with Gasteiger partial charge in [-0.2, -0.15) is 11.8 Å². The first-order valence-electron chi connectivity index (χ1n) is 6.99. The topological polar surface area (TPSA) is 46.2 Å². The second-order valence-electron chi connectivity index (χ2n) is 4.92. The third-order valence-corrected chi connectivity index (χ3v) is 6.04. The summed E-state index contributed by atoms with van der Waals surface area (Å²) < 4.78 is 26.6. The molecule has 0 bridgehead atoms. The monoisotopic (exact) mass is 389 g/mol. The van der Waals surface area contributed by atoms with Gasteiger partial charge in [0.1, 0.15) is 0 Å². The van der Waals surface area contributed by atoms with Gasteiger partial charge in [-0.05, 0) is 29.3 Å². The molecule has 124 valence electrons. The van der Waals surface area contributed by atoms with E-state index < -0.39 is 10.0 Å². The molecule has 0 aliphatic heterocycles. The van der Waals surface area contributed by atoms with E-state index >= 15 is 0 Å². The summed E-state index contributed by atoms with van der Waals surface area (Å²) in [6, 6.07) is 14.5. The molecule has 0 aliphatic rings. The number of nitrogens with one attached hydrogen (secondary N) is 1. The van der Waals surface area contributed by atoms with Crippen molar-refractivity contribution < 1.29 is 8.42 Å².